The van der Waals surface area contributed by atoms with E-state index >= 15 is 0 Å². The summed E-state index contributed by atoms with van der Waals surface area (Å²) in [4.78, 5) is 11.7. The first-order valence-electron chi connectivity index (χ1n) is 6.52. The van der Waals surface area contributed by atoms with Crippen molar-refractivity contribution < 1.29 is 9.53 Å². The first-order chi connectivity index (χ1) is 7.91. The van der Waals surface area contributed by atoms with Gasteiger partial charge in [-0.1, -0.05) is 20.8 Å². The second-order valence-corrected chi connectivity index (χ2v) is 6.01. The molecule has 1 rings (SSSR count). The third kappa shape index (κ3) is 7.19. The molecular weight excluding hydrogens is 252 g/mol. The number of nitrogens with one attached hydrogen (secondary N) is 1. The maximum Gasteiger partial charge on any atom is 0.237 e. The van der Waals surface area contributed by atoms with Crippen LogP contribution in [0, 0.1) is 11.3 Å². The number of rotatable bonds is 7. The minimum absolute atomic E-state index is 0. The van der Waals surface area contributed by atoms with E-state index in [0.29, 0.717) is 6.54 Å². The van der Waals surface area contributed by atoms with E-state index in [4.69, 9.17) is 10.5 Å². The molecule has 0 heterocycles. The predicted octanol–water partition coefficient (Wildman–Crippen LogP) is 1.71. The van der Waals surface area contributed by atoms with Crippen molar-refractivity contribution in [3.8, 4) is 0 Å². The second-order valence-electron chi connectivity index (χ2n) is 6.01. The van der Waals surface area contributed by atoms with Crippen molar-refractivity contribution in [1.82, 2.24) is 5.32 Å². The van der Waals surface area contributed by atoms with Gasteiger partial charge in [0.25, 0.3) is 0 Å². The Hall–Kier alpha value is -0.320. The van der Waals surface area contributed by atoms with Crippen molar-refractivity contribution in [2.75, 3.05) is 19.8 Å². The molecule has 5 heteroatoms. The molecule has 0 unspecified atom stereocenters. The third-order valence-corrected chi connectivity index (χ3v) is 3.03. The van der Waals surface area contributed by atoms with Crippen molar-refractivity contribution in [2.45, 2.75) is 46.1 Å². The van der Waals surface area contributed by atoms with Crippen LogP contribution in [0.5, 0.6) is 0 Å². The van der Waals surface area contributed by atoms with E-state index in [1.807, 2.05) is 20.8 Å². The largest absolute Gasteiger partial charge is 0.381 e. The van der Waals surface area contributed by atoms with E-state index in [-0.39, 0.29) is 23.7 Å². The molecule has 0 aromatic rings. The summed E-state index contributed by atoms with van der Waals surface area (Å²) in [5.41, 5.74) is 5.65. The second kappa shape index (κ2) is 7.97. The van der Waals surface area contributed by atoms with Crippen molar-refractivity contribution >= 4 is 18.3 Å². The van der Waals surface area contributed by atoms with E-state index in [1.54, 1.807) is 0 Å². The zero-order valence-corrected chi connectivity index (χ0v) is 12.5. The molecule has 0 saturated heterocycles. The van der Waals surface area contributed by atoms with E-state index in [1.165, 1.54) is 12.8 Å². The van der Waals surface area contributed by atoms with Gasteiger partial charge in [0.05, 0.1) is 6.04 Å². The number of hydrogen-bond acceptors (Lipinski definition) is 3. The quantitative estimate of drug-likeness (QED) is 0.697. The summed E-state index contributed by atoms with van der Waals surface area (Å²) in [5, 5.41) is 2.85. The topological polar surface area (TPSA) is 64.4 Å². The SMILES string of the molecule is CC(C)(C)[C@H](N)C(=O)NCCCOCC1CC1.Cl. The fraction of sp³-hybridized carbons (Fsp3) is 0.923. The van der Waals surface area contributed by atoms with Crippen LogP contribution in [0.3, 0.4) is 0 Å². The summed E-state index contributed by atoms with van der Waals surface area (Å²) in [5.74, 6) is 0.735. The van der Waals surface area contributed by atoms with E-state index < -0.39 is 6.04 Å². The number of hydrogen-bond donors (Lipinski definition) is 2. The normalized spacial score (nSPS) is 16.9. The molecule has 0 aromatic carbocycles. The summed E-state index contributed by atoms with van der Waals surface area (Å²) in [6.45, 7) is 8.16. The van der Waals surface area contributed by atoms with Crippen molar-refractivity contribution in [2.24, 2.45) is 17.1 Å². The van der Waals surface area contributed by atoms with E-state index in [9.17, 15) is 4.79 Å². The zero-order chi connectivity index (χ0) is 12.9. The molecule has 1 atom stereocenters. The van der Waals surface area contributed by atoms with Gasteiger partial charge in [-0.2, -0.15) is 0 Å². The van der Waals surface area contributed by atoms with Crippen LogP contribution in [0.4, 0.5) is 0 Å². The Kier molecular flexibility index (Phi) is 7.83. The monoisotopic (exact) mass is 278 g/mol. The molecule has 1 aliphatic rings. The molecule has 0 aromatic heterocycles. The molecule has 0 bridgehead atoms. The molecular formula is C13H27ClN2O2. The lowest BCUT2D eigenvalue weighted by molar-refractivity contribution is -0.124. The minimum atomic E-state index is -0.449. The number of ether oxygens (including phenoxy) is 1. The average Bonchev–Trinajstić information content (AvgIpc) is 3.04. The van der Waals surface area contributed by atoms with E-state index in [0.717, 1.165) is 25.6 Å². The molecule has 1 saturated carbocycles. The van der Waals surface area contributed by atoms with Crippen LogP contribution >= 0.6 is 12.4 Å². The van der Waals surface area contributed by atoms with Crippen LogP contribution in [-0.2, 0) is 9.53 Å². The van der Waals surface area contributed by atoms with Gasteiger partial charge >= 0.3 is 0 Å². The van der Waals surface area contributed by atoms with Gasteiger partial charge in [0.15, 0.2) is 0 Å². The molecule has 108 valence electrons. The summed E-state index contributed by atoms with van der Waals surface area (Å²) < 4.78 is 5.48. The number of nitrogens with two attached hydrogens (primary N) is 1. The summed E-state index contributed by atoms with van der Waals surface area (Å²) in [6.07, 6.45) is 3.49. The van der Waals surface area contributed by atoms with Gasteiger partial charge < -0.3 is 15.8 Å². The fourth-order valence-electron chi connectivity index (χ4n) is 1.42. The highest BCUT2D eigenvalue weighted by Gasteiger charge is 2.26. The number of carbonyl (C=O) groups is 1. The maximum absolute atomic E-state index is 11.7. The van der Waals surface area contributed by atoms with Crippen LogP contribution < -0.4 is 11.1 Å². The lowest BCUT2D eigenvalue weighted by Gasteiger charge is -2.25. The fourth-order valence-corrected chi connectivity index (χ4v) is 1.42. The molecule has 1 amide bonds. The molecule has 1 aliphatic carbocycles. The van der Waals surface area contributed by atoms with Gasteiger partial charge in [0.2, 0.25) is 5.91 Å². The van der Waals surface area contributed by atoms with Crippen molar-refractivity contribution in [3.05, 3.63) is 0 Å². The Labute approximate surface area is 116 Å². The van der Waals surface area contributed by atoms with E-state index in [2.05, 4.69) is 5.32 Å². The van der Waals surface area contributed by atoms with Crippen LogP contribution in [0.25, 0.3) is 0 Å². The Bertz CT molecular complexity index is 250. The Morgan fingerprint density at radius 1 is 1.44 bits per heavy atom. The zero-order valence-electron chi connectivity index (χ0n) is 11.7. The minimum Gasteiger partial charge on any atom is -0.381 e. The Morgan fingerprint density at radius 3 is 2.56 bits per heavy atom. The summed E-state index contributed by atoms with van der Waals surface area (Å²) >= 11 is 0. The highest BCUT2D eigenvalue weighted by atomic mass is 35.5. The number of carbonyl (C=O) groups excluding carboxylic acids is 1. The molecule has 0 aliphatic heterocycles. The molecule has 1 fully saturated rings. The van der Waals surface area contributed by atoms with Gasteiger partial charge in [-0.3, -0.25) is 4.79 Å². The van der Waals surface area contributed by atoms with Crippen LogP contribution in [-0.4, -0.2) is 31.7 Å². The third-order valence-electron chi connectivity index (χ3n) is 3.03. The lowest BCUT2D eigenvalue weighted by atomic mass is 9.87. The van der Waals surface area contributed by atoms with Crippen LogP contribution in [0.1, 0.15) is 40.0 Å². The smallest absolute Gasteiger partial charge is 0.237 e. The number of halogens is 1. The molecule has 0 radical (unpaired) electrons. The van der Waals surface area contributed by atoms with Crippen molar-refractivity contribution in [1.29, 1.82) is 0 Å². The maximum atomic E-state index is 11.7. The lowest BCUT2D eigenvalue weighted by Crippen LogP contribution is -2.48. The van der Waals surface area contributed by atoms with Crippen LogP contribution in [0.2, 0.25) is 0 Å². The predicted molar refractivity (Wildman–Crippen MR) is 75.8 cm³/mol. The van der Waals surface area contributed by atoms with Crippen molar-refractivity contribution in [3.63, 3.8) is 0 Å². The summed E-state index contributed by atoms with van der Waals surface area (Å²) in [6, 6.07) is -0.449. The highest BCUT2D eigenvalue weighted by Crippen LogP contribution is 2.28. The van der Waals surface area contributed by atoms with Gasteiger partial charge in [-0.05, 0) is 30.6 Å². The molecule has 4 nitrogen and oxygen atoms in total. The Balaban J connectivity index is 0.00000289. The highest BCUT2D eigenvalue weighted by molar-refractivity contribution is 5.85. The first-order valence-corrected chi connectivity index (χ1v) is 6.52. The van der Waals surface area contributed by atoms with Crippen LogP contribution in [0.15, 0.2) is 0 Å². The van der Waals surface area contributed by atoms with Gasteiger partial charge in [0.1, 0.15) is 0 Å². The first kappa shape index (κ1) is 17.7. The van der Waals surface area contributed by atoms with Gasteiger partial charge in [-0.25, -0.2) is 0 Å². The van der Waals surface area contributed by atoms with Gasteiger partial charge in [0, 0.05) is 19.8 Å². The average molecular weight is 279 g/mol. The molecule has 0 spiro atoms. The summed E-state index contributed by atoms with van der Waals surface area (Å²) in [7, 11) is 0. The standard InChI is InChI=1S/C13H26N2O2.ClH/c1-13(2,3)11(14)12(16)15-7-4-8-17-9-10-5-6-10;/h10-11H,4-9,14H2,1-3H3,(H,15,16);1H/t11-;/m1./s1. The Morgan fingerprint density at radius 2 is 2.06 bits per heavy atom. The molecule has 18 heavy (non-hydrogen) atoms. The molecule has 3 N–H and O–H groups in total. The number of amides is 1. The van der Waals surface area contributed by atoms with Gasteiger partial charge in [-0.15, -0.1) is 12.4 Å².